The van der Waals surface area contributed by atoms with Crippen LogP contribution in [0.3, 0.4) is 0 Å². The molecule has 0 aromatic carbocycles. The summed E-state index contributed by atoms with van der Waals surface area (Å²) in [5.74, 6) is 1.05. The fourth-order valence-corrected chi connectivity index (χ4v) is 6.75. The molecular formula is C18H22N6SSe. The Bertz CT molecular complexity index is 950. The zero-order chi connectivity index (χ0) is 17.9. The molecule has 4 heterocycles. The van der Waals surface area contributed by atoms with Crippen LogP contribution in [0.15, 0.2) is 11.5 Å². The molecule has 136 valence electrons. The van der Waals surface area contributed by atoms with E-state index in [1.165, 1.54) is 43.1 Å². The summed E-state index contributed by atoms with van der Waals surface area (Å²) in [6.45, 7) is 4.34. The van der Waals surface area contributed by atoms with Gasteiger partial charge in [-0.2, -0.15) is 0 Å². The van der Waals surface area contributed by atoms with Crippen molar-refractivity contribution < 1.29 is 0 Å². The van der Waals surface area contributed by atoms with Crippen molar-refractivity contribution in [1.82, 2.24) is 19.6 Å². The van der Waals surface area contributed by atoms with Gasteiger partial charge in [0.1, 0.15) is 0 Å². The number of anilines is 1. The van der Waals surface area contributed by atoms with E-state index >= 15 is 0 Å². The molecule has 0 aliphatic carbocycles. The summed E-state index contributed by atoms with van der Waals surface area (Å²) in [5.41, 5.74) is 2.46. The molecule has 0 radical (unpaired) electrons. The Morgan fingerprint density at radius 2 is 2.12 bits per heavy atom. The van der Waals surface area contributed by atoms with Gasteiger partial charge in [0, 0.05) is 0 Å². The van der Waals surface area contributed by atoms with Gasteiger partial charge in [0.2, 0.25) is 0 Å². The molecule has 0 bridgehead atoms. The zero-order valence-corrected chi connectivity index (χ0v) is 17.5. The quantitative estimate of drug-likeness (QED) is 0.323. The van der Waals surface area contributed by atoms with Crippen molar-refractivity contribution in [3.05, 3.63) is 11.9 Å². The van der Waals surface area contributed by atoms with Crippen molar-refractivity contribution in [1.29, 1.82) is 5.26 Å². The summed E-state index contributed by atoms with van der Waals surface area (Å²) in [5, 5.41) is 15.1. The van der Waals surface area contributed by atoms with Gasteiger partial charge in [0.05, 0.1) is 0 Å². The molecule has 1 aliphatic heterocycles. The molecule has 0 N–H and O–H groups in total. The van der Waals surface area contributed by atoms with E-state index in [9.17, 15) is 5.26 Å². The standard InChI is InChI=1S/C18H22N6SSe/c1-2-3-4-7-10-25-18-21-16-15-14(20-12-24(16)22-18)13(11-19)17(26-15)23-8-5-6-9-23/h12H,2-10H2,1H3. The van der Waals surface area contributed by atoms with Crippen LogP contribution >= 0.6 is 11.8 Å². The molecule has 0 amide bonds. The maximum atomic E-state index is 9.70. The number of thioether (sulfide) groups is 1. The van der Waals surface area contributed by atoms with E-state index in [4.69, 9.17) is 4.98 Å². The second-order valence-electron chi connectivity index (χ2n) is 6.58. The van der Waals surface area contributed by atoms with Crippen molar-refractivity contribution in [3.8, 4) is 6.07 Å². The van der Waals surface area contributed by atoms with E-state index < -0.39 is 0 Å². The predicted molar refractivity (Wildman–Crippen MR) is 106 cm³/mol. The molecule has 26 heavy (non-hydrogen) atoms. The first-order chi connectivity index (χ1) is 12.8. The van der Waals surface area contributed by atoms with Crippen molar-refractivity contribution in [2.45, 2.75) is 50.6 Å². The topological polar surface area (TPSA) is 70.1 Å². The van der Waals surface area contributed by atoms with E-state index in [1.54, 1.807) is 22.6 Å². The average molecular weight is 433 g/mol. The van der Waals surface area contributed by atoms with Crippen LogP contribution in [-0.4, -0.2) is 52.9 Å². The molecule has 0 unspecified atom stereocenters. The number of nitriles is 1. The van der Waals surface area contributed by atoms with Gasteiger partial charge in [-0.15, -0.1) is 0 Å². The van der Waals surface area contributed by atoms with Crippen LogP contribution in [0.4, 0.5) is 4.56 Å². The van der Waals surface area contributed by atoms with E-state index in [-0.39, 0.29) is 14.5 Å². The third kappa shape index (κ3) is 3.36. The third-order valence-electron chi connectivity index (χ3n) is 4.71. The van der Waals surface area contributed by atoms with Crippen LogP contribution in [0.5, 0.6) is 0 Å². The predicted octanol–water partition coefficient (Wildman–Crippen LogP) is 3.48. The van der Waals surface area contributed by atoms with Gasteiger partial charge in [-0.05, 0) is 0 Å². The molecule has 8 heteroatoms. The fourth-order valence-electron chi connectivity index (χ4n) is 3.33. The van der Waals surface area contributed by atoms with Gasteiger partial charge in [0.25, 0.3) is 0 Å². The van der Waals surface area contributed by atoms with Gasteiger partial charge < -0.3 is 0 Å². The molecular weight excluding hydrogens is 411 g/mol. The zero-order valence-electron chi connectivity index (χ0n) is 14.9. The first-order valence-corrected chi connectivity index (χ1v) is 12.0. The van der Waals surface area contributed by atoms with Crippen LogP contribution in [0, 0.1) is 11.3 Å². The summed E-state index contributed by atoms with van der Waals surface area (Å²) in [7, 11) is 0. The number of unbranched alkanes of at least 4 members (excludes halogenated alkanes) is 3. The minimum absolute atomic E-state index is 0.0797. The first kappa shape index (κ1) is 17.8. The second kappa shape index (κ2) is 7.99. The van der Waals surface area contributed by atoms with Gasteiger partial charge in [-0.1, -0.05) is 0 Å². The van der Waals surface area contributed by atoms with Crippen molar-refractivity contribution in [2.75, 3.05) is 23.7 Å². The Hall–Kier alpha value is -1.55. The first-order valence-electron chi connectivity index (χ1n) is 9.27. The number of aromatic nitrogens is 4. The molecule has 1 fully saturated rings. The summed E-state index contributed by atoms with van der Waals surface area (Å²) < 4.78 is 4.09. The number of hydrogen-bond acceptors (Lipinski definition) is 6. The van der Waals surface area contributed by atoms with Crippen LogP contribution in [0.1, 0.15) is 51.0 Å². The molecule has 0 atom stereocenters. The number of rotatable bonds is 7. The maximum absolute atomic E-state index is 9.70. The molecule has 3 aromatic rings. The SMILES string of the molecule is CCCCCCSc1nc2c3[se]c(N4CCCC4)c(C#N)c3ncn2n1. The molecule has 1 aliphatic rings. The van der Waals surface area contributed by atoms with E-state index in [1.807, 2.05) is 0 Å². The van der Waals surface area contributed by atoms with Crippen LogP contribution in [-0.2, 0) is 0 Å². The molecule has 0 spiro atoms. The van der Waals surface area contributed by atoms with Gasteiger partial charge in [-0.25, -0.2) is 0 Å². The Labute approximate surface area is 163 Å². The van der Waals surface area contributed by atoms with E-state index in [2.05, 4.69) is 28.0 Å². The van der Waals surface area contributed by atoms with Crippen LogP contribution in [0.2, 0.25) is 0 Å². The molecule has 3 aromatic heterocycles. The van der Waals surface area contributed by atoms with Crippen molar-refractivity contribution in [2.24, 2.45) is 0 Å². The van der Waals surface area contributed by atoms with E-state index in [0.29, 0.717) is 0 Å². The van der Waals surface area contributed by atoms with Crippen molar-refractivity contribution >= 4 is 46.3 Å². The molecule has 1 saturated heterocycles. The van der Waals surface area contributed by atoms with Gasteiger partial charge in [0.15, 0.2) is 0 Å². The Morgan fingerprint density at radius 3 is 2.88 bits per heavy atom. The second-order valence-corrected chi connectivity index (χ2v) is 9.74. The average Bonchev–Trinajstić information content (AvgIpc) is 3.37. The number of fused-ring (bicyclic) bond motifs is 3. The molecule has 4 rings (SSSR count). The van der Waals surface area contributed by atoms with E-state index in [0.717, 1.165) is 45.0 Å². The summed E-state index contributed by atoms with van der Waals surface area (Å²) in [6, 6.07) is 2.40. The van der Waals surface area contributed by atoms with Gasteiger partial charge >= 0.3 is 163 Å². The van der Waals surface area contributed by atoms with Crippen LogP contribution < -0.4 is 4.90 Å². The number of nitrogens with zero attached hydrogens (tertiary/aromatic N) is 6. The van der Waals surface area contributed by atoms with Gasteiger partial charge in [-0.3, -0.25) is 0 Å². The minimum atomic E-state index is 0.0797. The third-order valence-corrected chi connectivity index (χ3v) is 8.23. The Balaban J connectivity index is 1.65. The summed E-state index contributed by atoms with van der Waals surface area (Å²) in [6.07, 6.45) is 9.15. The number of hydrogen-bond donors (Lipinski definition) is 0. The normalized spacial score (nSPS) is 14.5. The fraction of sp³-hybridized carbons (Fsp3) is 0.556. The Kier molecular flexibility index (Phi) is 5.49. The molecule has 6 nitrogen and oxygen atoms in total. The monoisotopic (exact) mass is 434 g/mol. The summed E-state index contributed by atoms with van der Waals surface area (Å²) >= 11 is 1.80. The van der Waals surface area contributed by atoms with Crippen LogP contribution in [0.25, 0.3) is 15.4 Å². The molecule has 0 saturated carbocycles. The summed E-state index contributed by atoms with van der Waals surface area (Å²) in [4.78, 5) is 11.7. The Morgan fingerprint density at radius 1 is 1.27 bits per heavy atom. The van der Waals surface area contributed by atoms with Crippen molar-refractivity contribution in [3.63, 3.8) is 0 Å².